The van der Waals surface area contributed by atoms with Crippen molar-refractivity contribution < 1.29 is 9.47 Å². The minimum Gasteiger partial charge on any atom is -0.454 e. The number of hydrogen-bond acceptors (Lipinski definition) is 6. The molecule has 7 rings (SSSR count). The third kappa shape index (κ3) is 3.36. The van der Waals surface area contributed by atoms with Crippen molar-refractivity contribution in [2.45, 2.75) is 13.5 Å². The van der Waals surface area contributed by atoms with E-state index in [1.165, 1.54) is 0 Å². The van der Waals surface area contributed by atoms with E-state index >= 15 is 0 Å². The summed E-state index contributed by atoms with van der Waals surface area (Å²) in [6.07, 6.45) is 0. The van der Waals surface area contributed by atoms with E-state index in [4.69, 9.17) is 14.5 Å². The van der Waals surface area contributed by atoms with Gasteiger partial charge in [-0.05, 0) is 55.5 Å². The van der Waals surface area contributed by atoms with E-state index in [9.17, 15) is 4.79 Å². The van der Waals surface area contributed by atoms with Crippen LogP contribution in [0.5, 0.6) is 11.5 Å². The Morgan fingerprint density at radius 3 is 2.57 bits per heavy atom. The maximum atomic E-state index is 12.6. The van der Waals surface area contributed by atoms with Crippen molar-refractivity contribution in [2.24, 2.45) is 0 Å². The third-order valence-corrected chi connectivity index (χ3v) is 6.25. The second-order valence-corrected chi connectivity index (χ2v) is 8.64. The molecule has 4 N–H and O–H groups in total. The minimum atomic E-state index is -0.141. The van der Waals surface area contributed by atoms with Crippen LogP contribution in [0.3, 0.4) is 0 Å². The zero-order valence-corrected chi connectivity index (χ0v) is 18.7. The van der Waals surface area contributed by atoms with Crippen molar-refractivity contribution in [1.29, 1.82) is 0 Å². The summed E-state index contributed by atoms with van der Waals surface area (Å²) in [6.45, 7) is 2.51. The van der Waals surface area contributed by atoms with E-state index in [1.807, 2.05) is 55.5 Å². The predicted molar refractivity (Wildman–Crippen MR) is 134 cm³/mol. The Labute approximate surface area is 198 Å². The standard InChI is InChI=1S/C26H20N6O3/c1-13-28-18-4-2-14(7-21(18)29-13)25-30-19-5-3-17(9-22(19)31-25)27-11-16-6-15-8-23-24(35-12-34-23)10-20(15)32-26(16)33/h2-10,27H,11-12H2,1H3,(H,28,29)(H,30,31)(H,32,33). The molecule has 9 nitrogen and oxygen atoms in total. The quantitative estimate of drug-likeness (QED) is 0.303. The molecule has 6 aromatic rings. The van der Waals surface area contributed by atoms with Gasteiger partial charge in [0.2, 0.25) is 6.79 Å². The van der Waals surface area contributed by atoms with Crippen molar-refractivity contribution in [3.05, 3.63) is 76.3 Å². The molecule has 3 aromatic heterocycles. The molecule has 0 fully saturated rings. The van der Waals surface area contributed by atoms with Crippen molar-refractivity contribution >= 4 is 38.7 Å². The van der Waals surface area contributed by atoms with E-state index in [2.05, 4.69) is 25.3 Å². The molecule has 3 aromatic carbocycles. The summed E-state index contributed by atoms with van der Waals surface area (Å²) < 4.78 is 10.9. The van der Waals surface area contributed by atoms with Gasteiger partial charge in [-0.3, -0.25) is 4.79 Å². The molecule has 0 bridgehead atoms. The van der Waals surface area contributed by atoms with Crippen LogP contribution in [0.1, 0.15) is 11.4 Å². The molecule has 0 unspecified atom stereocenters. The number of benzene rings is 3. The summed E-state index contributed by atoms with van der Waals surface area (Å²) in [5.74, 6) is 3.00. The lowest BCUT2D eigenvalue weighted by atomic mass is 10.1. The first-order chi connectivity index (χ1) is 17.1. The fourth-order valence-corrected chi connectivity index (χ4v) is 4.51. The molecule has 0 atom stereocenters. The number of fused-ring (bicyclic) bond motifs is 4. The number of aromatic amines is 3. The van der Waals surface area contributed by atoms with Gasteiger partial charge < -0.3 is 29.7 Å². The zero-order valence-electron chi connectivity index (χ0n) is 18.7. The molecule has 1 aliphatic rings. The molecule has 1 aliphatic heterocycles. The van der Waals surface area contributed by atoms with Crippen molar-refractivity contribution in [3.63, 3.8) is 0 Å². The smallest absolute Gasteiger partial charge is 0.253 e. The average molecular weight is 464 g/mol. The number of H-pyrrole nitrogens is 3. The van der Waals surface area contributed by atoms with Crippen LogP contribution >= 0.6 is 0 Å². The second kappa shape index (κ2) is 7.36. The third-order valence-electron chi connectivity index (χ3n) is 6.25. The summed E-state index contributed by atoms with van der Waals surface area (Å²) in [5, 5.41) is 4.24. The van der Waals surface area contributed by atoms with Gasteiger partial charge in [0.05, 0.1) is 27.6 Å². The van der Waals surface area contributed by atoms with Crippen LogP contribution < -0.4 is 20.3 Å². The van der Waals surface area contributed by atoms with Gasteiger partial charge in [0.15, 0.2) is 11.5 Å². The monoisotopic (exact) mass is 464 g/mol. The van der Waals surface area contributed by atoms with Gasteiger partial charge in [0.1, 0.15) is 11.6 Å². The largest absolute Gasteiger partial charge is 0.454 e. The number of nitrogens with one attached hydrogen (secondary N) is 4. The molecule has 0 spiro atoms. The topological polar surface area (TPSA) is 121 Å². The normalized spacial score (nSPS) is 12.7. The number of pyridine rings is 1. The summed E-state index contributed by atoms with van der Waals surface area (Å²) >= 11 is 0. The molecule has 0 aliphatic carbocycles. The maximum Gasteiger partial charge on any atom is 0.253 e. The Hall–Kier alpha value is -4.79. The van der Waals surface area contributed by atoms with Gasteiger partial charge in [-0.1, -0.05) is 0 Å². The lowest BCUT2D eigenvalue weighted by Gasteiger charge is -2.08. The number of ether oxygens (including phenoxy) is 2. The van der Waals surface area contributed by atoms with E-state index in [0.29, 0.717) is 23.6 Å². The van der Waals surface area contributed by atoms with Gasteiger partial charge >= 0.3 is 0 Å². The lowest BCUT2D eigenvalue weighted by Crippen LogP contribution is -2.15. The molecular weight excluding hydrogens is 444 g/mol. The Morgan fingerprint density at radius 2 is 1.66 bits per heavy atom. The minimum absolute atomic E-state index is 0.141. The van der Waals surface area contributed by atoms with Crippen molar-refractivity contribution in [3.8, 4) is 22.9 Å². The summed E-state index contributed by atoms with van der Waals surface area (Å²) in [7, 11) is 0. The molecule has 0 radical (unpaired) electrons. The highest BCUT2D eigenvalue weighted by atomic mass is 16.7. The van der Waals surface area contributed by atoms with Gasteiger partial charge in [-0.25, -0.2) is 9.97 Å². The maximum absolute atomic E-state index is 12.6. The van der Waals surface area contributed by atoms with E-state index < -0.39 is 0 Å². The van der Waals surface area contributed by atoms with Crippen LogP contribution in [-0.2, 0) is 6.54 Å². The molecule has 172 valence electrons. The summed E-state index contributed by atoms with van der Waals surface area (Å²) in [5.41, 5.74) is 6.77. The van der Waals surface area contributed by atoms with E-state index in [-0.39, 0.29) is 12.4 Å². The fourth-order valence-electron chi connectivity index (χ4n) is 4.51. The summed E-state index contributed by atoms with van der Waals surface area (Å²) in [6, 6.07) is 17.5. The lowest BCUT2D eigenvalue weighted by molar-refractivity contribution is 0.174. The summed E-state index contributed by atoms with van der Waals surface area (Å²) in [4.78, 5) is 31.4. The SMILES string of the molecule is Cc1nc2ccc(-c3nc4ccc(NCc5cc6cc7c(cc6[nH]c5=O)OCO7)cc4[nH]3)cc2[nH]1. The highest BCUT2D eigenvalue weighted by Gasteiger charge is 2.15. The predicted octanol–water partition coefficient (Wildman–Crippen LogP) is 4.60. The Morgan fingerprint density at radius 1 is 0.857 bits per heavy atom. The fraction of sp³-hybridized carbons (Fsp3) is 0.115. The van der Waals surface area contributed by atoms with Crippen LogP contribution in [0.4, 0.5) is 5.69 Å². The van der Waals surface area contributed by atoms with Crippen LogP contribution in [0.25, 0.3) is 44.4 Å². The van der Waals surface area contributed by atoms with Gasteiger partial charge in [0.25, 0.3) is 5.56 Å². The Balaban J connectivity index is 1.16. The number of imidazole rings is 2. The number of aromatic nitrogens is 5. The van der Waals surface area contributed by atoms with Crippen LogP contribution in [-0.4, -0.2) is 31.7 Å². The van der Waals surface area contributed by atoms with Crippen LogP contribution in [0.2, 0.25) is 0 Å². The molecule has 0 saturated heterocycles. The number of anilines is 1. The number of rotatable bonds is 4. The van der Waals surface area contributed by atoms with E-state index in [1.54, 1.807) is 6.07 Å². The number of nitrogens with zero attached hydrogens (tertiary/aromatic N) is 2. The van der Waals surface area contributed by atoms with Gasteiger partial charge in [0, 0.05) is 34.8 Å². The van der Waals surface area contributed by atoms with Crippen molar-refractivity contribution in [1.82, 2.24) is 24.9 Å². The molecule has 0 amide bonds. The average Bonchev–Trinajstić information content (AvgIpc) is 3.57. The van der Waals surface area contributed by atoms with Gasteiger partial charge in [-0.15, -0.1) is 0 Å². The molecule has 9 heteroatoms. The molecular formula is C26H20N6O3. The van der Waals surface area contributed by atoms with E-state index in [0.717, 1.165) is 55.9 Å². The second-order valence-electron chi connectivity index (χ2n) is 8.64. The number of hydrogen-bond donors (Lipinski definition) is 4. The Bertz CT molecular complexity index is 1830. The first-order valence-electron chi connectivity index (χ1n) is 11.2. The van der Waals surface area contributed by atoms with Crippen molar-refractivity contribution in [2.75, 3.05) is 12.1 Å². The number of aryl methyl sites for hydroxylation is 1. The molecule has 0 saturated carbocycles. The van der Waals surface area contributed by atoms with Gasteiger partial charge in [-0.2, -0.15) is 0 Å². The highest BCUT2D eigenvalue weighted by Crippen LogP contribution is 2.35. The van der Waals surface area contributed by atoms with Crippen LogP contribution in [0.15, 0.2) is 59.4 Å². The first-order valence-corrected chi connectivity index (χ1v) is 11.2. The Kier molecular flexibility index (Phi) is 4.13. The molecule has 4 heterocycles. The van der Waals surface area contributed by atoms with Crippen LogP contribution in [0, 0.1) is 6.92 Å². The first kappa shape index (κ1) is 19.7. The molecule has 35 heavy (non-hydrogen) atoms. The highest BCUT2D eigenvalue weighted by molar-refractivity contribution is 5.86. The zero-order chi connectivity index (χ0) is 23.5.